The molecule has 0 N–H and O–H groups in total. The fourth-order valence-corrected chi connectivity index (χ4v) is 5.15. The number of carbonyl (C=O) groups is 2. The van der Waals surface area contributed by atoms with E-state index in [1.165, 1.54) is 84.0 Å². The molecule has 0 aromatic heterocycles. The van der Waals surface area contributed by atoms with Gasteiger partial charge in [0.25, 0.3) is 0 Å². The highest BCUT2D eigenvalue weighted by atomic mass is 19.4. The molecule has 2 aromatic rings. The van der Waals surface area contributed by atoms with Crippen molar-refractivity contribution in [2.75, 3.05) is 0 Å². The third-order valence-electron chi connectivity index (χ3n) is 7.94. The molecule has 0 aliphatic rings. The summed E-state index contributed by atoms with van der Waals surface area (Å²) in [4.78, 5) is 25.2. The highest BCUT2D eigenvalue weighted by Crippen LogP contribution is 2.30. The Morgan fingerprint density at radius 1 is 0.674 bits per heavy atom. The summed E-state index contributed by atoms with van der Waals surface area (Å²) in [6, 6.07) is 15.1. The monoisotopic (exact) mass is 600 g/mol. The molecule has 3 nitrogen and oxygen atoms in total. The Balaban J connectivity index is 1.65. The number of esters is 1. The second kappa shape index (κ2) is 20.9. The molecule has 43 heavy (non-hydrogen) atoms. The summed E-state index contributed by atoms with van der Waals surface area (Å²) >= 11 is 0. The smallest absolute Gasteiger partial charge is 0.421 e. The molecule has 238 valence electrons. The Morgan fingerprint density at radius 3 is 1.58 bits per heavy atom. The van der Waals surface area contributed by atoms with Crippen LogP contribution < -0.4 is 0 Å². The van der Waals surface area contributed by atoms with E-state index >= 15 is 0 Å². The van der Waals surface area contributed by atoms with Crippen molar-refractivity contribution in [1.82, 2.24) is 0 Å². The van der Waals surface area contributed by atoms with E-state index in [4.69, 9.17) is 4.74 Å². The van der Waals surface area contributed by atoms with Gasteiger partial charge in [0.15, 0.2) is 5.78 Å². The van der Waals surface area contributed by atoms with Crippen LogP contribution >= 0.6 is 0 Å². The van der Waals surface area contributed by atoms with Crippen molar-refractivity contribution in [3.8, 4) is 0 Å². The molecule has 0 fully saturated rings. The lowest BCUT2D eigenvalue weighted by atomic mass is 9.97. The molecule has 2 aromatic carbocycles. The predicted octanol–water partition coefficient (Wildman–Crippen LogP) is 11.7. The van der Waals surface area contributed by atoms with E-state index in [9.17, 15) is 22.8 Å². The summed E-state index contributed by atoms with van der Waals surface area (Å²) in [6.07, 6.45) is 15.9. The maximum atomic E-state index is 13.6. The minimum atomic E-state index is -4.74. The Labute approximate surface area is 257 Å². The molecule has 1 unspecified atom stereocenters. The van der Waals surface area contributed by atoms with E-state index in [0.29, 0.717) is 23.1 Å². The molecule has 0 aliphatic heterocycles. The summed E-state index contributed by atoms with van der Waals surface area (Å²) in [6.45, 7) is 3.75. The molecule has 0 amide bonds. The normalized spacial score (nSPS) is 12.7. The second-order valence-electron chi connectivity index (χ2n) is 11.6. The van der Waals surface area contributed by atoms with E-state index in [-0.39, 0.29) is 12.2 Å². The number of ether oxygens (including phenoxy) is 1. The maximum Gasteiger partial charge on any atom is 0.449 e. The van der Waals surface area contributed by atoms with Crippen molar-refractivity contribution in [3.63, 3.8) is 0 Å². The fourth-order valence-electron chi connectivity index (χ4n) is 5.15. The van der Waals surface area contributed by atoms with Gasteiger partial charge in [-0.3, -0.25) is 9.59 Å². The van der Waals surface area contributed by atoms with E-state index < -0.39 is 23.8 Å². The van der Waals surface area contributed by atoms with Gasteiger partial charge in [-0.2, -0.15) is 13.2 Å². The van der Waals surface area contributed by atoms with Crippen LogP contribution in [0.1, 0.15) is 150 Å². The first-order valence-electron chi connectivity index (χ1n) is 16.4. The molecule has 2 rings (SSSR count). The van der Waals surface area contributed by atoms with Crippen molar-refractivity contribution in [2.24, 2.45) is 0 Å². The third-order valence-corrected chi connectivity index (χ3v) is 7.94. The van der Waals surface area contributed by atoms with Gasteiger partial charge >= 0.3 is 12.1 Å². The summed E-state index contributed by atoms with van der Waals surface area (Å²) in [7, 11) is 0. The fraction of sp³-hybridized carbons (Fsp3) is 0.568. The average molecular weight is 601 g/mol. The topological polar surface area (TPSA) is 43.4 Å². The quantitative estimate of drug-likeness (QED) is 0.0584. The van der Waals surface area contributed by atoms with E-state index in [0.717, 1.165) is 25.3 Å². The van der Waals surface area contributed by atoms with Crippen LogP contribution in [0.5, 0.6) is 0 Å². The van der Waals surface area contributed by atoms with Gasteiger partial charge in [-0.1, -0.05) is 158 Å². The summed E-state index contributed by atoms with van der Waals surface area (Å²) in [5, 5.41) is 0. The lowest BCUT2D eigenvalue weighted by Crippen LogP contribution is -2.21. The zero-order valence-corrected chi connectivity index (χ0v) is 26.2. The minimum Gasteiger partial charge on any atom is -0.421 e. The number of allylic oxidation sites excluding steroid dienone is 2. The molecular weight excluding hydrogens is 549 g/mol. The van der Waals surface area contributed by atoms with Crippen LogP contribution in [0, 0.1) is 0 Å². The van der Waals surface area contributed by atoms with Crippen LogP contribution in [0.4, 0.5) is 13.2 Å². The number of alkyl halides is 3. The molecule has 0 saturated carbocycles. The number of hydrogen-bond donors (Lipinski definition) is 0. The van der Waals surface area contributed by atoms with E-state index in [1.807, 2.05) is 6.07 Å². The van der Waals surface area contributed by atoms with Gasteiger partial charge < -0.3 is 4.74 Å². The largest absolute Gasteiger partial charge is 0.449 e. The SMILES string of the molecule is CCCCCCCCCCCCCCCCCC/C=C(/OC(=O)C(C)c1ccc(C(=O)c2ccccc2)cc1)C(F)(F)F. The lowest BCUT2D eigenvalue weighted by Gasteiger charge is -2.16. The van der Waals surface area contributed by atoms with Gasteiger partial charge in [0.2, 0.25) is 5.76 Å². The average Bonchev–Trinajstić information content (AvgIpc) is 3.01. The van der Waals surface area contributed by atoms with Crippen LogP contribution in [0.3, 0.4) is 0 Å². The van der Waals surface area contributed by atoms with E-state index in [1.54, 1.807) is 48.5 Å². The number of halogens is 3. The number of carbonyl (C=O) groups excluding carboxylic acids is 2. The Hall–Kier alpha value is -2.89. The lowest BCUT2D eigenvalue weighted by molar-refractivity contribution is -0.161. The minimum absolute atomic E-state index is 0.168. The Bertz CT molecular complexity index is 1070. The maximum absolute atomic E-state index is 13.6. The standard InChI is InChI=1S/C37H51F3O3/c1-3-4-5-6-7-8-9-10-11-12-13-14-15-16-17-18-22-25-34(37(38,39)40)43-36(42)30(2)31-26-28-33(29-27-31)35(41)32-23-20-19-21-24-32/h19-21,23-30H,3-18,22H2,1-2H3/b34-25+. The summed E-state index contributed by atoms with van der Waals surface area (Å²) in [5.41, 5.74) is 1.45. The van der Waals surface area contributed by atoms with Gasteiger partial charge in [0.1, 0.15) is 0 Å². The number of rotatable bonds is 22. The molecule has 0 heterocycles. The van der Waals surface area contributed by atoms with Crippen LogP contribution in [0.15, 0.2) is 66.4 Å². The van der Waals surface area contributed by atoms with Crippen molar-refractivity contribution in [1.29, 1.82) is 0 Å². The summed E-state index contributed by atoms with van der Waals surface area (Å²) < 4.78 is 45.6. The molecule has 1 atom stereocenters. The van der Waals surface area contributed by atoms with Crippen LogP contribution in [0.25, 0.3) is 0 Å². The van der Waals surface area contributed by atoms with Crippen molar-refractivity contribution in [3.05, 3.63) is 83.1 Å². The highest BCUT2D eigenvalue weighted by Gasteiger charge is 2.38. The molecular formula is C37H51F3O3. The number of unbranched alkanes of at least 4 members (excludes halogenated alkanes) is 16. The molecule has 6 heteroatoms. The van der Waals surface area contributed by atoms with Gasteiger partial charge in [-0.25, -0.2) is 0 Å². The third kappa shape index (κ3) is 14.9. The number of ketones is 1. The number of benzene rings is 2. The molecule has 0 aliphatic carbocycles. The first kappa shape index (κ1) is 36.3. The molecule has 0 saturated heterocycles. The second-order valence-corrected chi connectivity index (χ2v) is 11.6. The van der Waals surface area contributed by atoms with Crippen molar-refractivity contribution in [2.45, 2.75) is 135 Å². The van der Waals surface area contributed by atoms with Gasteiger partial charge in [-0.05, 0) is 31.4 Å². The van der Waals surface area contributed by atoms with E-state index in [2.05, 4.69) is 6.92 Å². The molecule has 0 spiro atoms. The van der Waals surface area contributed by atoms with Gasteiger partial charge in [-0.15, -0.1) is 0 Å². The highest BCUT2D eigenvalue weighted by molar-refractivity contribution is 6.09. The van der Waals surface area contributed by atoms with Gasteiger partial charge in [0, 0.05) is 11.1 Å². The predicted molar refractivity (Wildman–Crippen MR) is 169 cm³/mol. The zero-order chi connectivity index (χ0) is 31.3. The first-order chi connectivity index (χ1) is 20.7. The Kier molecular flexibility index (Phi) is 17.7. The first-order valence-corrected chi connectivity index (χ1v) is 16.4. The molecule has 0 radical (unpaired) electrons. The Morgan fingerprint density at radius 2 is 1.12 bits per heavy atom. The molecule has 0 bridgehead atoms. The zero-order valence-electron chi connectivity index (χ0n) is 26.2. The number of hydrogen-bond acceptors (Lipinski definition) is 3. The van der Waals surface area contributed by atoms with Crippen LogP contribution in [-0.4, -0.2) is 17.9 Å². The van der Waals surface area contributed by atoms with Crippen molar-refractivity contribution < 1.29 is 27.5 Å². The van der Waals surface area contributed by atoms with Crippen LogP contribution in [-0.2, 0) is 9.53 Å². The summed E-state index contributed by atoms with van der Waals surface area (Å²) in [5.74, 6) is -3.31. The van der Waals surface area contributed by atoms with Gasteiger partial charge in [0.05, 0.1) is 5.92 Å². The van der Waals surface area contributed by atoms with Crippen LogP contribution in [0.2, 0.25) is 0 Å². The van der Waals surface area contributed by atoms with Crippen molar-refractivity contribution >= 4 is 11.8 Å².